The van der Waals surface area contributed by atoms with E-state index >= 15 is 0 Å². The third-order valence-electron chi connectivity index (χ3n) is 6.14. The summed E-state index contributed by atoms with van der Waals surface area (Å²) < 4.78 is 0. The second kappa shape index (κ2) is 10.8. The minimum Gasteiger partial charge on any atom is -0.396 e. The smallest absolute Gasteiger partial charge is 0.243 e. The molecule has 1 aliphatic carbocycles. The molecule has 0 aromatic rings. The molecule has 7 heteroatoms. The number of hydrogen-bond acceptors (Lipinski definition) is 4. The van der Waals surface area contributed by atoms with Gasteiger partial charge in [0, 0.05) is 32.2 Å². The number of fused-ring (bicyclic) bond motifs is 1. The van der Waals surface area contributed by atoms with E-state index in [1.54, 1.807) is 11.9 Å². The molecule has 2 aliphatic rings. The Labute approximate surface area is 174 Å². The monoisotopic (exact) mass is 407 g/mol. The maximum atomic E-state index is 13.4. The van der Waals surface area contributed by atoms with E-state index in [1.807, 2.05) is 32.9 Å². The molecule has 1 saturated heterocycles. The van der Waals surface area contributed by atoms with Crippen LogP contribution in [0.4, 0.5) is 0 Å². The molecule has 0 spiro atoms. The van der Waals surface area contributed by atoms with Gasteiger partial charge in [-0.15, -0.1) is 0 Å². The molecule has 164 valence electrons. The molecule has 5 atom stereocenters. The highest BCUT2D eigenvalue weighted by atomic mass is 16.3. The number of rotatable bonds is 10. The first-order valence-corrected chi connectivity index (χ1v) is 11.0. The van der Waals surface area contributed by atoms with E-state index in [-0.39, 0.29) is 42.2 Å². The van der Waals surface area contributed by atoms with Crippen molar-refractivity contribution in [2.24, 2.45) is 23.7 Å². The molecule has 1 aliphatic heterocycles. The van der Waals surface area contributed by atoms with Crippen molar-refractivity contribution < 1.29 is 19.5 Å². The summed E-state index contributed by atoms with van der Waals surface area (Å²) in [6.45, 7) is 6.50. The zero-order valence-electron chi connectivity index (χ0n) is 18.2. The predicted octanol–water partition coefficient (Wildman–Crippen LogP) is 1.47. The topological polar surface area (TPSA) is 98.7 Å². The standard InChI is InChI=1S/C22H37N3O4/c1-5-15-10-11-16-18(17(15)20(27)23-4)22(29)25(12-8-6-7-9-13-26)19(16)21(28)24-14(2)3/h10-11,14-19,26H,5-9,12-13H2,1-4H3,(H,23,27)(H,24,28)/t15-,16+,17-,18-,19+/m1/s1. The molecule has 0 saturated carbocycles. The largest absolute Gasteiger partial charge is 0.396 e. The fourth-order valence-corrected chi connectivity index (χ4v) is 4.77. The highest BCUT2D eigenvalue weighted by Gasteiger charge is 2.56. The summed E-state index contributed by atoms with van der Waals surface area (Å²) in [5, 5.41) is 14.6. The molecule has 1 heterocycles. The van der Waals surface area contributed by atoms with Crippen LogP contribution in [0.2, 0.25) is 0 Å². The average Bonchev–Trinajstić information content (AvgIpc) is 2.98. The molecule has 1 fully saturated rings. The highest BCUT2D eigenvalue weighted by Crippen LogP contribution is 2.44. The molecule has 0 aromatic heterocycles. The Balaban J connectivity index is 2.30. The van der Waals surface area contributed by atoms with Crippen molar-refractivity contribution >= 4 is 17.7 Å². The Morgan fingerprint density at radius 2 is 1.83 bits per heavy atom. The number of aliphatic hydroxyl groups excluding tert-OH is 1. The second-order valence-electron chi connectivity index (χ2n) is 8.48. The number of nitrogens with zero attached hydrogens (tertiary/aromatic N) is 1. The van der Waals surface area contributed by atoms with Gasteiger partial charge in [0.25, 0.3) is 0 Å². The van der Waals surface area contributed by atoms with Crippen LogP contribution in [0, 0.1) is 23.7 Å². The highest BCUT2D eigenvalue weighted by molar-refractivity contribution is 5.96. The van der Waals surface area contributed by atoms with Crippen LogP contribution in [0.15, 0.2) is 12.2 Å². The van der Waals surface area contributed by atoms with E-state index in [4.69, 9.17) is 5.11 Å². The molecule has 0 unspecified atom stereocenters. The number of allylic oxidation sites excluding steroid dienone is 1. The zero-order chi connectivity index (χ0) is 21.6. The molecule has 3 amide bonds. The molecule has 0 bridgehead atoms. The van der Waals surface area contributed by atoms with Gasteiger partial charge in [0.1, 0.15) is 6.04 Å². The van der Waals surface area contributed by atoms with E-state index in [0.29, 0.717) is 6.54 Å². The van der Waals surface area contributed by atoms with Crippen LogP contribution < -0.4 is 10.6 Å². The van der Waals surface area contributed by atoms with Crippen molar-refractivity contribution in [3.8, 4) is 0 Å². The number of hydrogen-bond donors (Lipinski definition) is 3. The van der Waals surface area contributed by atoms with Crippen molar-refractivity contribution in [3.05, 3.63) is 12.2 Å². The van der Waals surface area contributed by atoms with Crippen molar-refractivity contribution in [2.45, 2.75) is 65.0 Å². The Hall–Kier alpha value is -1.89. The quantitative estimate of drug-likeness (QED) is 0.377. The van der Waals surface area contributed by atoms with Gasteiger partial charge in [0.2, 0.25) is 17.7 Å². The predicted molar refractivity (Wildman–Crippen MR) is 112 cm³/mol. The van der Waals surface area contributed by atoms with E-state index in [2.05, 4.69) is 10.6 Å². The average molecular weight is 408 g/mol. The first-order valence-electron chi connectivity index (χ1n) is 11.0. The number of amides is 3. The van der Waals surface area contributed by atoms with Gasteiger partial charge < -0.3 is 20.6 Å². The maximum Gasteiger partial charge on any atom is 0.243 e. The lowest BCUT2D eigenvalue weighted by Gasteiger charge is -2.33. The van der Waals surface area contributed by atoms with Gasteiger partial charge in [-0.1, -0.05) is 31.9 Å². The van der Waals surface area contributed by atoms with Gasteiger partial charge in [-0.25, -0.2) is 0 Å². The lowest BCUT2D eigenvalue weighted by Crippen LogP contribution is -2.49. The molecule has 2 rings (SSSR count). The van der Waals surface area contributed by atoms with Gasteiger partial charge in [-0.2, -0.15) is 0 Å². The van der Waals surface area contributed by atoms with Crippen molar-refractivity contribution in [2.75, 3.05) is 20.2 Å². The first-order chi connectivity index (χ1) is 13.9. The number of likely N-dealkylation sites (tertiary alicyclic amines) is 1. The van der Waals surface area contributed by atoms with Crippen molar-refractivity contribution in [1.82, 2.24) is 15.5 Å². The summed E-state index contributed by atoms with van der Waals surface area (Å²) in [6.07, 6.45) is 8.10. The molecule has 29 heavy (non-hydrogen) atoms. The molecular formula is C22H37N3O4. The normalized spacial score (nSPS) is 28.6. The molecular weight excluding hydrogens is 370 g/mol. The third-order valence-corrected chi connectivity index (χ3v) is 6.14. The Morgan fingerprint density at radius 1 is 1.14 bits per heavy atom. The number of carbonyl (C=O) groups is 3. The Kier molecular flexibility index (Phi) is 8.68. The molecule has 3 N–H and O–H groups in total. The minimum atomic E-state index is -0.575. The fourth-order valence-electron chi connectivity index (χ4n) is 4.77. The minimum absolute atomic E-state index is 0.00142. The number of aliphatic hydroxyl groups is 1. The van der Waals surface area contributed by atoms with Crippen LogP contribution in [0.5, 0.6) is 0 Å². The summed E-state index contributed by atoms with van der Waals surface area (Å²) >= 11 is 0. The van der Waals surface area contributed by atoms with Crippen LogP contribution >= 0.6 is 0 Å². The number of carbonyl (C=O) groups excluding carboxylic acids is 3. The lowest BCUT2D eigenvalue weighted by atomic mass is 9.69. The first kappa shape index (κ1) is 23.4. The summed E-state index contributed by atoms with van der Waals surface area (Å²) in [4.78, 5) is 40.8. The van der Waals surface area contributed by atoms with Crippen LogP contribution in [-0.2, 0) is 14.4 Å². The molecule has 0 aromatic carbocycles. The van der Waals surface area contributed by atoms with Crippen molar-refractivity contribution in [1.29, 1.82) is 0 Å². The Bertz CT molecular complexity index is 619. The van der Waals surface area contributed by atoms with E-state index in [0.717, 1.165) is 32.1 Å². The van der Waals surface area contributed by atoms with Crippen LogP contribution in [-0.4, -0.2) is 60.0 Å². The van der Waals surface area contributed by atoms with Gasteiger partial charge in [-0.05, 0) is 39.0 Å². The van der Waals surface area contributed by atoms with E-state index in [1.165, 1.54) is 0 Å². The van der Waals surface area contributed by atoms with Gasteiger partial charge >= 0.3 is 0 Å². The van der Waals surface area contributed by atoms with Gasteiger partial charge in [-0.3, -0.25) is 14.4 Å². The Morgan fingerprint density at radius 3 is 2.41 bits per heavy atom. The number of nitrogens with one attached hydrogen (secondary N) is 2. The van der Waals surface area contributed by atoms with Gasteiger partial charge in [0.15, 0.2) is 0 Å². The number of unbranched alkanes of at least 4 members (excludes halogenated alkanes) is 3. The molecule has 0 radical (unpaired) electrons. The zero-order valence-corrected chi connectivity index (χ0v) is 18.2. The lowest BCUT2D eigenvalue weighted by molar-refractivity contribution is -0.140. The van der Waals surface area contributed by atoms with E-state index in [9.17, 15) is 14.4 Å². The van der Waals surface area contributed by atoms with Gasteiger partial charge in [0.05, 0.1) is 11.8 Å². The van der Waals surface area contributed by atoms with E-state index < -0.39 is 17.9 Å². The molecule has 7 nitrogen and oxygen atoms in total. The van der Waals surface area contributed by atoms with Crippen molar-refractivity contribution in [3.63, 3.8) is 0 Å². The van der Waals surface area contributed by atoms with Crippen LogP contribution in [0.3, 0.4) is 0 Å². The van der Waals surface area contributed by atoms with Crippen LogP contribution in [0.1, 0.15) is 52.9 Å². The fraction of sp³-hybridized carbons (Fsp3) is 0.773. The summed E-state index contributed by atoms with van der Waals surface area (Å²) in [5.74, 6) is -1.59. The van der Waals surface area contributed by atoms with Crippen LogP contribution in [0.25, 0.3) is 0 Å². The third kappa shape index (κ3) is 5.18. The second-order valence-corrected chi connectivity index (χ2v) is 8.48. The summed E-state index contributed by atoms with van der Waals surface area (Å²) in [6, 6.07) is -0.595. The summed E-state index contributed by atoms with van der Waals surface area (Å²) in [5.41, 5.74) is 0. The SMILES string of the molecule is CC[C@@H]1C=C[C@H]2[C@@H](C(=O)N(CCCCCCO)[C@@H]2C(=O)NC(C)C)[C@@H]1C(=O)NC. The summed E-state index contributed by atoms with van der Waals surface area (Å²) in [7, 11) is 1.60. The maximum absolute atomic E-state index is 13.4.